The number of rotatable bonds is 6. The average Bonchev–Trinajstić information content (AvgIpc) is 3.14. The van der Waals surface area contributed by atoms with Crippen molar-refractivity contribution in [1.82, 2.24) is 14.7 Å². The lowest BCUT2D eigenvalue weighted by atomic mass is 9.94. The number of aliphatic imine (C=N–C) groups is 1. The normalized spacial score (nSPS) is 25.8. The molecule has 28 heavy (non-hydrogen) atoms. The fourth-order valence-corrected chi connectivity index (χ4v) is 4.99. The van der Waals surface area contributed by atoms with Gasteiger partial charge in [0.1, 0.15) is 5.84 Å². The topological polar surface area (TPSA) is 69.7 Å². The molecule has 3 heterocycles. The summed E-state index contributed by atoms with van der Waals surface area (Å²) in [7, 11) is 0. The lowest BCUT2D eigenvalue weighted by Crippen LogP contribution is -2.44. The minimum Gasteiger partial charge on any atom is -0.358 e. The number of hydrogen-bond acceptors (Lipinski definition) is 5. The molecular weight excluding hydrogens is 348 g/mol. The number of amidine groups is 1. The van der Waals surface area contributed by atoms with Crippen LogP contribution in [0, 0.1) is 34.5 Å². The van der Waals surface area contributed by atoms with Gasteiger partial charge in [0.05, 0.1) is 18.7 Å². The van der Waals surface area contributed by atoms with Gasteiger partial charge in [-0.15, -0.1) is 0 Å². The summed E-state index contributed by atoms with van der Waals surface area (Å²) in [5.41, 5.74) is 0. The summed E-state index contributed by atoms with van der Waals surface area (Å²) >= 11 is 0. The molecule has 3 rings (SSSR count). The summed E-state index contributed by atoms with van der Waals surface area (Å²) in [5, 5.41) is 18.9. The lowest BCUT2D eigenvalue weighted by Gasteiger charge is -2.37. The first-order chi connectivity index (χ1) is 13.7. The highest BCUT2D eigenvalue weighted by Gasteiger charge is 2.28. The predicted octanol–water partition coefficient (Wildman–Crippen LogP) is 2.73. The lowest BCUT2D eigenvalue weighted by molar-refractivity contribution is 0.157. The van der Waals surface area contributed by atoms with Gasteiger partial charge in [-0.25, -0.2) is 0 Å². The molecule has 154 valence electrons. The van der Waals surface area contributed by atoms with E-state index in [-0.39, 0.29) is 0 Å². The van der Waals surface area contributed by atoms with Crippen LogP contribution in [0.4, 0.5) is 0 Å². The molecule has 6 heteroatoms. The van der Waals surface area contributed by atoms with E-state index in [1.807, 2.05) is 0 Å². The first-order valence-electron chi connectivity index (χ1n) is 11.3. The second kappa shape index (κ2) is 10.8. The Kier molecular flexibility index (Phi) is 8.13. The Balaban J connectivity index is 1.53. The van der Waals surface area contributed by atoms with E-state index in [1.54, 1.807) is 0 Å². The number of piperidine rings is 2. The quantitative estimate of drug-likeness (QED) is 0.520. The van der Waals surface area contributed by atoms with Crippen molar-refractivity contribution < 1.29 is 0 Å². The summed E-state index contributed by atoms with van der Waals surface area (Å²) < 4.78 is 0. The van der Waals surface area contributed by atoms with Crippen molar-refractivity contribution >= 4 is 5.84 Å². The molecule has 3 aliphatic heterocycles. The van der Waals surface area contributed by atoms with Gasteiger partial charge < -0.3 is 9.80 Å². The number of nitriles is 2. The fourth-order valence-electron chi connectivity index (χ4n) is 4.99. The Morgan fingerprint density at radius 2 is 1.68 bits per heavy atom. The molecule has 1 atom stereocenters. The van der Waals surface area contributed by atoms with Crippen molar-refractivity contribution in [3.8, 4) is 12.1 Å². The highest BCUT2D eigenvalue weighted by molar-refractivity contribution is 5.89. The van der Waals surface area contributed by atoms with Gasteiger partial charge in [0.15, 0.2) is 5.92 Å². The average molecular weight is 385 g/mol. The van der Waals surface area contributed by atoms with E-state index in [1.165, 1.54) is 51.7 Å². The van der Waals surface area contributed by atoms with Gasteiger partial charge >= 0.3 is 0 Å². The van der Waals surface area contributed by atoms with Gasteiger partial charge in [0.25, 0.3) is 0 Å². The molecular formula is C22H36N6. The first-order valence-corrected chi connectivity index (χ1v) is 11.3. The molecule has 0 radical (unpaired) electrons. The van der Waals surface area contributed by atoms with E-state index in [4.69, 9.17) is 4.99 Å². The van der Waals surface area contributed by atoms with Crippen molar-refractivity contribution in [3.63, 3.8) is 0 Å². The van der Waals surface area contributed by atoms with Gasteiger partial charge in [-0.2, -0.15) is 10.5 Å². The molecule has 0 bridgehead atoms. The van der Waals surface area contributed by atoms with Crippen molar-refractivity contribution in [2.24, 2.45) is 16.8 Å². The summed E-state index contributed by atoms with van der Waals surface area (Å²) in [6, 6.07) is 4.95. The minimum atomic E-state index is -0.741. The summed E-state index contributed by atoms with van der Waals surface area (Å²) in [4.78, 5) is 12.1. The molecule has 0 unspecified atom stereocenters. The van der Waals surface area contributed by atoms with E-state index >= 15 is 0 Å². The summed E-state index contributed by atoms with van der Waals surface area (Å²) in [5.74, 6) is 0.714. The molecule has 0 aromatic carbocycles. The van der Waals surface area contributed by atoms with Gasteiger partial charge in [-0.3, -0.25) is 9.89 Å². The van der Waals surface area contributed by atoms with E-state index in [0.717, 1.165) is 44.9 Å². The van der Waals surface area contributed by atoms with Crippen LogP contribution in [0.5, 0.6) is 0 Å². The van der Waals surface area contributed by atoms with Crippen LogP contribution in [0.1, 0.15) is 51.9 Å². The highest BCUT2D eigenvalue weighted by Crippen LogP contribution is 2.22. The molecule has 6 nitrogen and oxygen atoms in total. The number of hydrogen-bond donors (Lipinski definition) is 0. The zero-order valence-electron chi connectivity index (χ0n) is 17.5. The molecule has 0 amide bonds. The first kappa shape index (κ1) is 21.1. The van der Waals surface area contributed by atoms with Gasteiger partial charge in [-0.1, -0.05) is 6.42 Å². The van der Waals surface area contributed by atoms with E-state index in [0.29, 0.717) is 18.4 Å². The summed E-state index contributed by atoms with van der Waals surface area (Å²) in [6.07, 6.45) is 8.88. The molecule has 3 saturated heterocycles. The largest absolute Gasteiger partial charge is 0.358 e. The molecule has 0 aromatic heterocycles. The van der Waals surface area contributed by atoms with Crippen LogP contribution in [0.25, 0.3) is 0 Å². The second-order valence-electron chi connectivity index (χ2n) is 8.75. The highest BCUT2D eigenvalue weighted by atomic mass is 15.2. The summed E-state index contributed by atoms with van der Waals surface area (Å²) in [6.45, 7) is 10.6. The van der Waals surface area contributed by atoms with Crippen LogP contribution in [-0.2, 0) is 0 Å². The third kappa shape index (κ3) is 5.69. The zero-order valence-corrected chi connectivity index (χ0v) is 17.5. The third-order valence-electron chi connectivity index (χ3n) is 6.77. The molecule has 3 fully saturated rings. The standard InChI is InChI=1S/C22H36N6/c1-19-6-5-12-27(19)15-9-25-22(21(16-23)17-24)28-13-7-20(8-14-28)18-26-10-3-2-4-11-26/h19-21H,2-15,18H2,1H3/t19-/m1/s1. The Labute approximate surface area is 170 Å². The van der Waals surface area contributed by atoms with Crippen molar-refractivity contribution in [3.05, 3.63) is 0 Å². The Morgan fingerprint density at radius 3 is 2.29 bits per heavy atom. The molecule has 0 spiro atoms. The smallest absolute Gasteiger partial charge is 0.189 e. The molecule has 0 aliphatic carbocycles. The van der Waals surface area contributed by atoms with Crippen LogP contribution in [-0.4, -0.2) is 78.9 Å². The molecule has 0 aromatic rings. The van der Waals surface area contributed by atoms with Gasteiger partial charge in [0, 0.05) is 32.2 Å². The zero-order chi connectivity index (χ0) is 19.8. The van der Waals surface area contributed by atoms with E-state index in [2.05, 4.69) is 33.8 Å². The van der Waals surface area contributed by atoms with Crippen LogP contribution >= 0.6 is 0 Å². The number of likely N-dealkylation sites (tertiary alicyclic amines) is 3. The Hall–Kier alpha value is -1.63. The van der Waals surface area contributed by atoms with E-state index < -0.39 is 5.92 Å². The van der Waals surface area contributed by atoms with Crippen molar-refractivity contribution in [2.75, 3.05) is 52.4 Å². The molecule has 0 saturated carbocycles. The Morgan fingerprint density at radius 1 is 0.964 bits per heavy atom. The monoisotopic (exact) mass is 384 g/mol. The molecule has 0 N–H and O–H groups in total. The van der Waals surface area contributed by atoms with Gasteiger partial charge in [-0.05, 0) is 71.0 Å². The maximum absolute atomic E-state index is 9.45. The maximum Gasteiger partial charge on any atom is 0.189 e. The maximum atomic E-state index is 9.45. The van der Waals surface area contributed by atoms with Gasteiger partial charge in [0.2, 0.25) is 0 Å². The minimum absolute atomic E-state index is 0.631. The van der Waals surface area contributed by atoms with Crippen molar-refractivity contribution in [2.45, 2.75) is 57.9 Å². The van der Waals surface area contributed by atoms with Crippen LogP contribution in [0.15, 0.2) is 4.99 Å². The SMILES string of the molecule is C[C@@H]1CCCN1CCN=C(C(C#N)C#N)N1CCC(CN2CCCCC2)CC1. The van der Waals surface area contributed by atoms with Crippen LogP contribution in [0.3, 0.4) is 0 Å². The number of nitrogens with zero attached hydrogens (tertiary/aromatic N) is 6. The van der Waals surface area contributed by atoms with Crippen LogP contribution in [0.2, 0.25) is 0 Å². The third-order valence-corrected chi connectivity index (χ3v) is 6.77. The Bertz CT molecular complexity index is 575. The second-order valence-corrected chi connectivity index (χ2v) is 8.75. The van der Waals surface area contributed by atoms with Crippen LogP contribution < -0.4 is 0 Å². The van der Waals surface area contributed by atoms with Crippen molar-refractivity contribution in [1.29, 1.82) is 10.5 Å². The molecule has 3 aliphatic rings. The predicted molar refractivity (Wildman–Crippen MR) is 112 cm³/mol. The fraction of sp³-hybridized carbons (Fsp3) is 0.864. The van der Waals surface area contributed by atoms with E-state index in [9.17, 15) is 10.5 Å².